The smallest absolute Gasteiger partial charge is 1.00 e. The summed E-state index contributed by atoms with van der Waals surface area (Å²) < 4.78 is 0. The number of hydrogen-bond acceptors (Lipinski definition) is 0. The molecule has 2 rings (SSSR count). The van der Waals surface area contributed by atoms with Crippen LogP contribution in [-0.2, 0) is 36.2 Å². The third kappa shape index (κ3) is 14.4. The summed E-state index contributed by atoms with van der Waals surface area (Å²) in [5.41, 5.74) is 6.07. The number of hydrogen-bond donors (Lipinski definition) is 0. The van der Waals surface area contributed by atoms with Gasteiger partial charge in [-0.15, -0.1) is 0 Å². The molecule has 0 radical (unpaired) electrons. The molecule has 2 aromatic rings. The van der Waals surface area contributed by atoms with Gasteiger partial charge in [-0.1, -0.05) is 54.4 Å². The van der Waals surface area contributed by atoms with Gasteiger partial charge in [-0.2, -0.15) is 34.4 Å². The van der Waals surface area contributed by atoms with E-state index in [2.05, 4.69) is 91.0 Å². The standard InChI is InChI=1S/2C10H15.C2H6Si.2ClH.Zr/c2*1-4-9-5-6-10(7-9)8(2)3;1-3-2;;;/h2*5-8H,4H2,1-3H3;1-2H3;2*1H;/q2*-1;;;;+2/p-2. The molecule has 4 heteroatoms. The average Bonchev–Trinajstić information content (AvgIpc) is 3.16. The molecule has 0 amide bonds. The molecule has 0 atom stereocenters. The molecule has 0 saturated carbocycles. The van der Waals surface area contributed by atoms with Crippen LogP contribution in [0.2, 0.25) is 13.1 Å². The van der Waals surface area contributed by atoms with Crippen LogP contribution >= 0.6 is 0 Å². The van der Waals surface area contributed by atoms with Crippen molar-refractivity contribution in [1.82, 2.24) is 0 Å². The van der Waals surface area contributed by atoms with Gasteiger partial charge in [0.2, 0.25) is 0 Å². The van der Waals surface area contributed by atoms with E-state index in [1.165, 1.54) is 22.3 Å². The van der Waals surface area contributed by atoms with Gasteiger partial charge in [0.25, 0.3) is 0 Å². The molecular weight excluding hydrogens is 454 g/mol. The quantitative estimate of drug-likeness (QED) is 0.443. The van der Waals surface area contributed by atoms with Gasteiger partial charge in [-0.3, -0.25) is 0 Å². The van der Waals surface area contributed by atoms with E-state index in [9.17, 15) is 0 Å². The first-order chi connectivity index (χ1) is 11.2. The Morgan fingerprint density at radius 2 is 1.04 bits per heavy atom. The predicted octanol–water partition coefficient (Wildman–Crippen LogP) is 0.975. The Kier molecular flexibility index (Phi) is 20.9. The van der Waals surface area contributed by atoms with Crippen molar-refractivity contribution in [2.45, 2.75) is 79.3 Å². The van der Waals surface area contributed by atoms with Crippen molar-refractivity contribution in [3.8, 4) is 0 Å². The number of aryl methyl sites for hydroxylation is 2. The molecule has 0 saturated heterocycles. The first-order valence-electron chi connectivity index (χ1n) is 9.23. The zero-order valence-corrected chi connectivity index (χ0v) is 22.8. The Morgan fingerprint density at radius 1 is 0.769 bits per heavy atom. The zero-order chi connectivity index (χ0) is 18.7. The van der Waals surface area contributed by atoms with Crippen LogP contribution in [0.5, 0.6) is 0 Å². The summed E-state index contributed by atoms with van der Waals surface area (Å²) in [5.74, 6) is 1.36. The van der Waals surface area contributed by atoms with Crippen LogP contribution in [0.1, 0.15) is 75.6 Å². The van der Waals surface area contributed by atoms with E-state index in [4.69, 9.17) is 0 Å². The molecular formula is C22H36Cl2SiZr-2. The van der Waals surface area contributed by atoms with Crippen molar-refractivity contribution in [2.24, 2.45) is 0 Å². The minimum absolute atomic E-state index is 0. The van der Waals surface area contributed by atoms with Gasteiger partial charge in [-0.05, 0) is 11.8 Å². The fourth-order valence-electron chi connectivity index (χ4n) is 2.19. The Hall–Kier alpha value is 0.380. The molecule has 0 nitrogen and oxygen atoms in total. The van der Waals surface area contributed by atoms with Crippen molar-refractivity contribution in [3.63, 3.8) is 0 Å². The molecule has 0 N–H and O–H groups in total. The van der Waals surface area contributed by atoms with E-state index >= 15 is 0 Å². The number of rotatable bonds is 4. The first-order valence-corrected chi connectivity index (χ1v) is 15.4. The normalized spacial score (nSPS) is 9.38. The fourth-order valence-corrected chi connectivity index (χ4v) is 2.19. The Morgan fingerprint density at radius 3 is 1.15 bits per heavy atom. The van der Waals surface area contributed by atoms with Gasteiger partial charge in [0.05, 0.1) is 0 Å². The molecule has 0 aromatic heterocycles. The van der Waals surface area contributed by atoms with Crippen molar-refractivity contribution >= 4 is 5.43 Å². The monoisotopic (exact) mass is 488 g/mol. The molecule has 148 valence electrons. The number of halogens is 2. The minimum Gasteiger partial charge on any atom is -1.00 e. The summed E-state index contributed by atoms with van der Waals surface area (Å²) in [6, 6.07) is 13.5. The second-order valence-corrected chi connectivity index (χ2v) is 16.5. The van der Waals surface area contributed by atoms with E-state index in [1.54, 1.807) is 23.3 Å². The van der Waals surface area contributed by atoms with Crippen LogP contribution in [0.4, 0.5) is 0 Å². The molecule has 26 heavy (non-hydrogen) atoms. The van der Waals surface area contributed by atoms with Crippen LogP contribution in [-0.4, -0.2) is 5.43 Å². The van der Waals surface area contributed by atoms with Crippen molar-refractivity contribution in [2.75, 3.05) is 0 Å². The molecule has 0 spiro atoms. The van der Waals surface area contributed by atoms with E-state index in [-0.39, 0.29) is 30.2 Å². The molecule has 0 bridgehead atoms. The molecule has 2 aromatic carbocycles. The Balaban J connectivity index is -0.000000319. The van der Waals surface area contributed by atoms with E-state index in [0.717, 1.165) is 12.8 Å². The SMILES string of the molecule is CCc1ccc(C(C)C)[cH-]1.CCc1ccc(C(C)C)[cH-]1.C[Si](C)=[Zr+2].[Cl-].[Cl-]. The van der Waals surface area contributed by atoms with Crippen molar-refractivity contribution in [1.29, 1.82) is 0 Å². The summed E-state index contributed by atoms with van der Waals surface area (Å²) in [7, 11) is 0. The van der Waals surface area contributed by atoms with Gasteiger partial charge in [0, 0.05) is 0 Å². The van der Waals surface area contributed by atoms with Crippen LogP contribution in [0.25, 0.3) is 0 Å². The van der Waals surface area contributed by atoms with Crippen LogP contribution in [0, 0.1) is 0 Å². The topological polar surface area (TPSA) is 0 Å². The predicted molar refractivity (Wildman–Crippen MR) is 108 cm³/mol. The van der Waals surface area contributed by atoms with Gasteiger partial charge in [0.15, 0.2) is 0 Å². The third-order valence-corrected chi connectivity index (χ3v) is 3.83. The molecule has 0 aliphatic rings. The van der Waals surface area contributed by atoms with E-state index < -0.39 is 0 Å². The third-order valence-electron chi connectivity index (χ3n) is 3.83. The maximum atomic E-state index is 2.31. The van der Waals surface area contributed by atoms with E-state index in [1.807, 2.05) is 0 Å². The summed E-state index contributed by atoms with van der Waals surface area (Å²) in [5, 5.41) is 0. The van der Waals surface area contributed by atoms with Crippen molar-refractivity contribution < 1.29 is 48.1 Å². The summed E-state index contributed by atoms with van der Waals surface area (Å²) in [4.78, 5) is 0. The Labute approximate surface area is 190 Å². The second-order valence-electron chi connectivity index (χ2n) is 7.12. The maximum Gasteiger partial charge on any atom is -1.00 e. The largest absolute Gasteiger partial charge is 1.00 e. The zero-order valence-electron chi connectivity index (χ0n) is 17.8. The molecule has 0 aliphatic carbocycles. The van der Waals surface area contributed by atoms with Crippen molar-refractivity contribution in [3.05, 3.63) is 58.7 Å². The van der Waals surface area contributed by atoms with Gasteiger partial charge >= 0.3 is 41.9 Å². The molecule has 0 aliphatic heterocycles. The Bertz CT molecular complexity index is 532. The first kappa shape index (κ1) is 31.1. The average molecular weight is 491 g/mol. The summed E-state index contributed by atoms with van der Waals surface area (Å²) in [6.45, 7) is 17.9. The second kappa shape index (κ2) is 17.5. The molecule has 0 heterocycles. The fraction of sp³-hybridized carbons (Fsp3) is 0.545. The summed E-state index contributed by atoms with van der Waals surface area (Å²) >= 11 is 1.74. The summed E-state index contributed by atoms with van der Waals surface area (Å²) in [6.07, 6.45) is 2.32. The van der Waals surface area contributed by atoms with E-state index in [0.29, 0.717) is 11.8 Å². The van der Waals surface area contributed by atoms with Crippen LogP contribution in [0.3, 0.4) is 0 Å². The molecule has 0 fully saturated rings. The van der Waals surface area contributed by atoms with Crippen LogP contribution < -0.4 is 24.8 Å². The molecule has 0 unspecified atom stereocenters. The van der Waals surface area contributed by atoms with Crippen LogP contribution in [0.15, 0.2) is 36.4 Å². The minimum atomic E-state index is 0. The van der Waals surface area contributed by atoms with Gasteiger partial charge in [-0.25, -0.2) is 24.3 Å². The van der Waals surface area contributed by atoms with Gasteiger partial charge < -0.3 is 24.8 Å². The van der Waals surface area contributed by atoms with Gasteiger partial charge in [0.1, 0.15) is 0 Å². The maximum absolute atomic E-state index is 2.31.